The molecule has 1 aromatic heterocycles. The number of rotatable bonds is 5. The van der Waals surface area contributed by atoms with E-state index in [4.69, 9.17) is 16.3 Å². The Hall–Kier alpha value is -1.52. The molecule has 0 radical (unpaired) electrons. The smallest absolute Gasteiger partial charge is 0.133 e. The number of nitrogens with zero attached hydrogens (tertiary/aromatic N) is 2. The van der Waals surface area contributed by atoms with Crippen LogP contribution >= 0.6 is 11.6 Å². The molecule has 5 heteroatoms. The zero-order valence-electron chi connectivity index (χ0n) is 11.9. The third-order valence-corrected chi connectivity index (χ3v) is 3.58. The molecule has 20 heavy (non-hydrogen) atoms. The first-order valence-electron chi connectivity index (χ1n) is 6.55. The highest BCUT2D eigenvalue weighted by atomic mass is 35.5. The zero-order valence-corrected chi connectivity index (χ0v) is 12.7. The summed E-state index contributed by atoms with van der Waals surface area (Å²) in [5.74, 6) is 0.777. The Kier molecular flexibility index (Phi) is 4.68. The van der Waals surface area contributed by atoms with Crippen LogP contribution in [0.5, 0.6) is 5.75 Å². The van der Waals surface area contributed by atoms with Gasteiger partial charge in [-0.2, -0.15) is 5.10 Å². The number of aliphatic hydroxyl groups is 1. The van der Waals surface area contributed by atoms with E-state index in [-0.39, 0.29) is 6.10 Å². The van der Waals surface area contributed by atoms with Crippen molar-refractivity contribution in [2.45, 2.75) is 33.0 Å². The van der Waals surface area contributed by atoms with Crippen LogP contribution in [0.4, 0.5) is 0 Å². The molecule has 1 atom stereocenters. The van der Waals surface area contributed by atoms with Gasteiger partial charge in [-0.05, 0) is 38.0 Å². The number of aryl methyl sites for hydroxylation is 2. The fraction of sp³-hybridized carbons (Fsp3) is 0.400. The molecule has 0 aliphatic carbocycles. The lowest BCUT2D eigenvalue weighted by Crippen LogP contribution is -2.04. The molecule has 4 nitrogen and oxygen atoms in total. The zero-order chi connectivity index (χ0) is 14.7. The van der Waals surface area contributed by atoms with Crippen molar-refractivity contribution in [1.82, 2.24) is 9.78 Å². The van der Waals surface area contributed by atoms with Crippen molar-refractivity contribution < 1.29 is 9.84 Å². The van der Waals surface area contributed by atoms with E-state index >= 15 is 0 Å². The van der Waals surface area contributed by atoms with E-state index in [1.165, 1.54) is 0 Å². The molecule has 0 bridgehead atoms. The highest BCUT2D eigenvalue weighted by Gasteiger charge is 2.11. The van der Waals surface area contributed by atoms with E-state index in [1.54, 1.807) is 11.6 Å². The second-order valence-electron chi connectivity index (χ2n) is 4.96. The summed E-state index contributed by atoms with van der Waals surface area (Å²) >= 11 is 6.16. The minimum atomic E-state index is -0.335. The van der Waals surface area contributed by atoms with E-state index in [9.17, 15) is 5.11 Å². The summed E-state index contributed by atoms with van der Waals surface area (Å²) in [5.41, 5.74) is 2.87. The molecule has 0 amide bonds. The van der Waals surface area contributed by atoms with Crippen molar-refractivity contribution in [3.8, 4) is 5.75 Å². The van der Waals surface area contributed by atoms with Crippen LogP contribution < -0.4 is 4.74 Å². The van der Waals surface area contributed by atoms with Gasteiger partial charge in [0.25, 0.3) is 0 Å². The van der Waals surface area contributed by atoms with Gasteiger partial charge in [0.15, 0.2) is 0 Å². The molecule has 0 spiro atoms. The van der Waals surface area contributed by atoms with E-state index in [1.807, 2.05) is 38.2 Å². The van der Waals surface area contributed by atoms with Crippen LogP contribution in [0.25, 0.3) is 0 Å². The maximum absolute atomic E-state index is 9.34. The standard InChI is InChI=1S/C15H19ClN2O2/c1-10(19)8-12-4-6-13(7-5-12)20-9-14-11(2)17-18(3)15(14)16/h4-7,10,19H,8-9H2,1-3H3. The molecule has 108 valence electrons. The van der Waals surface area contributed by atoms with E-state index in [2.05, 4.69) is 5.10 Å². The lowest BCUT2D eigenvalue weighted by Gasteiger charge is -2.08. The monoisotopic (exact) mass is 294 g/mol. The molecule has 2 aromatic rings. The maximum Gasteiger partial charge on any atom is 0.133 e. The minimum Gasteiger partial charge on any atom is -0.489 e. The van der Waals surface area contributed by atoms with Crippen molar-refractivity contribution in [2.24, 2.45) is 7.05 Å². The fourth-order valence-corrected chi connectivity index (χ4v) is 2.29. The number of aliphatic hydroxyl groups excluding tert-OH is 1. The van der Waals surface area contributed by atoms with E-state index < -0.39 is 0 Å². The molecule has 0 aliphatic heterocycles. The lowest BCUT2D eigenvalue weighted by atomic mass is 10.1. The molecular formula is C15H19ClN2O2. The van der Waals surface area contributed by atoms with Crippen LogP contribution in [0.1, 0.15) is 23.7 Å². The number of halogens is 1. The average Bonchev–Trinajstić information content (AvgIpc) is 2.62. The highest BCUT2D eigenvalue weighted by molar-refractivity contribution is 6.30. The number of aromatic nitrogens is 2. The van der Waals surface area contributed by atoms with E-state index in [0.717, 1.165) is 22.6 Å². The van der Waals surface area contributed by atoms with Gasteiger partial charge < -0.3 is 9.84 Å². The van der Waals surface area contributed by atoms with E-state index in [0.29, 0.717) is 18.2 Å². The van der Waals surface area contributed by atoms with Gasteiger partial charge in [-0.15, -0.1) is 0 Å². The summed E-state index contributed by atoms with van der Waals surface area (Å²) in [5, 5.41) is 14.2. The Bertz CT molecular complexity index is 576. The van der Waals surface area contributed by atoms with Crippen molar-refractivity contribution in [2.75, 3.05) is 0 Å². The van der Waals surface area contributed by atoms with Crippen molar-refractivity contribution in [1.29, 1.82) is 0 Å². The molecule has 0 saturated heterocycles. The Morgan fingerprint density at radius 1 is 1.35 bits per heavy atom. The molecule has 1 aromatic carbocycles. The molecular weight excluding hydrogens is 276 g/mol. The number of hydrogen-bond donors (Lipinski definition) is 1. The maximum atomic E-state index is 9.34. The molecule has 0 aliphatic rings. The molecule has 1 unspecified atom stereocenters. The van der Waals surface area contributed by atoms with Gasteiger partial charge in [0.1, 0.15) is 17.5 Å². The van der Waals surface area contributed by atoms with Crippen LogP contribution in [0, 0.1) is 6.92 Å². The topological polar surface area (TPSA) is 47.3 Å². The SMILES string of the molecule is Cc1nn(C)c(Cl)c1COc1ccc(CC(C)O)cc1. The minimum absolute atomic E-state index is 0.335. The Labute approximate surface area is 123 Å². The first-order chi connectivity index (χ1) is 9.47. The van der Waals surface area contributed by atoms with Gasteiger partial charge in [0, 0.05) is 12.6 Å². The Morgan fingerprint density at radius 2 is 2.00 bits per heavy atom. The molecule has 1 N–H and O–H groups in total. The third-order valence-electron chi connectivity index (χ3n) is 3.11. The number of benzene rings is 1. The predicted octanol–water partition coefficient (Wildman–Crippen LogP) is 2.88. The lowest BCUT2D eigenvalue weighted by molar-refractivity contribution is 0.195. The number of hydrogen-bond acceptors (Lipinski definition) is 3. The number of ether oxygens (including phenoxy) is 1. The van der Waals surface area contributed by atoms with Gasteiger partial charge in [-0.1, -0.05) is 23.7 Å². The van der Waals surface area contributed by atoms with Gasteiger partial charge in [0.05, 0.1) is 11.8 Å². The summed E-state index contributed by atoms with van der Waals surface area (Å²) in [4.78, 5) is 0. The van der Waals surface area contributed by atoms with Gasteiger partial charge in [0.2, 0.25) is 0 Å². The van der Waals surface area contributed by atoms with Crippen molar-refractivity contribution in [3.05, 3.63) is 46.2 Å². The van der Waals surface area contributed by atoms with Gasteiger partial charge >= 0.3 is 0 Å². The third kappa shape index (κ3) is 3.52. The second kappa shape index (κ2) is 6.29. The van der Waals surface area contributed by atoms with Crippen LogP contribution in [-0.2, 0) is 20.1 Å². The highest BCUT2D eigenvalue weighted by Crippen LogP contribution is 2.21. The summed E-state index contributed by atoms with van der Waals surface area (Å²) < 4.78 is 7.37. The largest absolute Gasteiger partial charge is 0.489 e. The van der Waals surface area contributed by atoms with Crippen LogP contribution in [0.3, 0.4) is 0 Å². The quantitative estimate of drug-likeness (QED) is 0.922. The molecule has 2 rings (SSSR count). The Balaban J connectivity index is 2.00. The summed E-state index contributed by atoms with van der Waals surface area (Å²) in [6.45, 7) is 4.09. The van der Waals surface area contributed by atoms with Gasteiger partial charge in [-0.25, -0.2) is 0 Å². The average molecular weight is 295 g/mol. The van der Waals surface area contributed by atoms with Crippen LogP contribution in [0.15, 0.2) is 24.3 Å². The summed E-state index contributed by atoms with van der Waals surface area (Å²) in [7, 11) is 1.81. The molecule has 0 fully saturated rings. The summed E-state index contributed by atoms with van der Waals surface area (Å²) in [6, 6.07) is 7.72. The van der Waals surface area contributed by atoms with Gasteiger partial charge in [-0.3, -0.25) is 4.68 Å². The fourth-order valence-electron chi connectivity index (χ4n) is 2.06. The van der Waals surface area contributed by atoms with Crippen molar-refractivity contribution >= 4 is 11.6 Å². The first-order valence-corrected chi connectivity index (χ1v) is 6.93. The summed E-state index contributed by atoms with van der Waals surface area (Å²) in [6.07, 6.45) is 0.312. The molecule has 1 heterocycles. The normalized spacial score (nSPS) is 12.4. The predicted molar refractivity (Wildman–Crippen MR) is 79.1 cm³/mol. The first kappa shape index (κ1) is 14.9. The Morgan fingerprint density at radius 3 is 2.50 bits per heavy atom. The second-order valence-corrected chi connectivity index (χ2v) is 5.32. The van der Waals surface area contributed by atoms with Crippen LogP contribution in [-0.4, -0.2) is 21.0 Å². The molecule has 0 saturated carbocycles. The van der Waals surface area contributed by atoms with Crippen molar-refractivity contribution in [3.63, 3.8) is 0 Å². The van der Waals surface area contributed by atoms with Crippen LogP contribution in [0.2, 0.25) is 5.15 Å².